The maximum absolute atomic E-state index is 11.2. The SMILES string of the molecule is C=CCOC(=O)CC(C)NCCCCC=O. The molecule has 0 amide bonds. The number of esters is 1. The van der Waals surface area contributed by atoms with Crippen molar-refractivity contribution >= 4 is 12.3 Å². The molecule has 0 saturated carbocycles. The normalized spacial score (nSPS) is 11.8. The van der Waals surface area contributed by atoms with Crippen LogP contribution in [0.2, 0.25) is 0 Å². The highest BCUT2D eigenvalue weighted by Crippen LogP contribution is 1.96. The highest BCUT2D eigenvalue weighted by atomic mass is 16.5. The number of unbranched alkanes of at least 4 members (excludes halogenated alkanes) is 2. The molecular weight excluding hydrogens is 206 g/mol. The fraction of sp³-hybridized carbons (Fsp3) is 0.667. The molecule has 0 aliphatic carbocycles. The first-order chi connectivity index (χ1) is 7.70. The molecule has 0 saturated heterocycles. The predicted molar refractivity (Wildman–Crippen MR) is 63.2 cm³/mol. The summed E-state index contributed by atoms with van der Waals surface area (Å²) in [4.78, 5) is 21.2. The molecule has 0 aliphatic rings. The van der Waals surface area contributed by atoms with Crippen LogP contribution >= 0.6 is 0 Å². The lowest BCUT2D eigenvalue weighted by Gasteiger charge is -2.12. The summed E-state index contributed by atoms with van der Waals surface area (Å²) >= 11 is 0. The van der Waals surface area contributed by atoms with E-state index in [9.17, 15) is 9.59 Å². The number of ether oxygens (including phenoxy) is 1. The Morgan fingerprint density at radius 3 is 2.88 bits per heavy atom. The molecule has 0 rings (SSSR count). The lowest BCUT2D eigenvalue weighted by molar-refractivity contribution is -0.142. The van der Waals surface area contributed by atoms with Crippen molar-refractivity contribution in [1.82, 2.24) is 5.32 Å². The molecule has 0 spiro atoms. The van der Waals surface area contributed by atoms with Crippen LogP contribution in [0.15, 0.2) is 12.7 Å². The van der Waals surface area contributed by atoms with E-state index in [2.05, 4.69) is 11.9 Å². The molecule has 4 nitrogen and oxygen atoms in total. The first kappa shape index (κ1) is 14.8. The van der Waals surface area contributed by atoms with Crippen LogP contribution in [0.5, 0.6) is 0 Å². The summed E-state index contributed by atoms with van der Waals surface area (Å²) in [6, 6.07) is 0.105. The lowest BCUT2D eigenvalue weighted by atomic mass is 10.2. The van der Waals surface area contributed by atoms with Crippen LogP contribution in [0, 0.1) is 0 Å². The summed E-state index contributed by atoms with van der Waals surface area (Å²) in [5, 5.41) is 3.21. The molecule has 0 aromatic carbocycles. The Labute approximate surface area is 97.1 Å². The largest absolute Gasteiger partial charge is 0.461 e. The van der Waals surface area contributed by atoms with Crippen LogP contribution in [0.3, 0.4) is 0 Å². The molecule has 0 bridgehead atoms. The van der Waals surface area contributed by atoms with Crippen LogP contribution in [0.1, 0.15) is 32.6 Å². The van der Waals surface area contributed by atoms with E-state index in [0.29, 0.717) is 12.8 Å². The van der Waals surface area contributed by atoms with E-state index in [-0.39, 0.29) is 18.6 Å². The Morgan fingerprint density at radius 2 is 2.25 bits per heavy atom. The van der Waals surface area contributed by atoms with Gasteiger partial charge in [0.05, 0.1) is 6.42 Å². The molecule has 1 atom stereocenters. The Morgan fingerprint density at radius 1 is 1.50 bits per heavy atom. The fourth-order valence-electron chi connectivity index (χ4n) is 1.23. The van der Waals surface area contributed by atoms with Crippen LogP contribution in [-0.2, 0) is 14.3 Å². The minimum atomic E-state index is -0.215. The van der Waals surface area contributed by atoms with Gasteiger partial charge in [-0.25, -0.2) is 0 Å². The Kier molecular flexibility index (Phi) is 9.61. The smallest absolute Gasteiger partial charge is 0.307 e. The van der Waals surface area contributed by atoms with Crippen LogP contribution in [0.25, 0.3) is 0 Å². The molecule has 1 N–H and O–H groups in total. The Hall–Kier alpha value is -1.16. The number of aldehydes is 1. The standard InChI is InChI=1S/C12H21NO3/c1-3-9-16-12(15)10-11(2)13-7-5-4-6-8-14/h3,8,11,13H,1,4-7,9-10H2,2H3. The maximum atomic E-state index is 11.2. The van der Waals surface area contributed by atoms with Gasteiger partial charge in [0.15, 0.2) is 0 Å². The fourth-order valence-corrected chi connectivity index (χ4v) is 1.23. The van der Waals surface area contributed by atoms with Gasteiger partial charge in [0.2, 0.25) is 0 Å². The summed E-state index contributed by atoms with van der Waals surface area (Å²) in [5.41, 5.74) is 0. The van der Waals surface area contributed by atoms with Gasteiger partial charge in [-0.15, -0.1) is 0 Å². The van der Waals surface area contributed by atoms with E-state index >= 15 is 0 Å². The molecule has 0 aliphatic heterocycles. The van der Waals surface area contributed by atoms with Crippen LogP contribution < -0.4 is 5.32 Å². The van der Waals surface area contributed by atoms with Gasteiger partial charge in [-0.05, 0) is 26.3 Å². The Bertz CT molecular complexity index is 216. The molecule has 16 heavy (non-hydrogen) atoms. The summed E-state index contributed by atoms with van der Waals surface area (Å²) in [5.74, 6) is -0.215. The van der Waals surface area contributed by atoms with Crippen molar-refractivity contribution in [2.24, 2.45) is 0 Å². The third-order valence-electron chi connectivity index (χ3n) is 2.08. The first-order valence-corrected chi connectivity index (χ1v) is 5.64. The van der Waals surface area contributed by atoms with Gasteiger partial charge in [0.1, 0.15) is 12.9 Å². The molecule has 0 radical (unpaired) electrons. The number of hydrogen-bond donors (Lipinski definition) is 1. The van der Waals surface area contributed by atoms with Crippen molar-refractivity contribution in [3.05, 3.63) is 12.7 Å². The lowest BCUT2D eigenvalue weighted by Crippen LogP contribution is -2.30. The first-order valence-electron chi connectivity index (χ1n) is 5.64. The van der Waals surface area contributed by atoms with Gasteiger partial charge < -0.3 is 14.8 Å². The number of nitrogens with one attached hydrogen (secondary N) is 1. The monoisotopic (exact) mass is 227 g/mol. The highest BCUT2D eigenvalue weighted by Gasteiger charge is 2.08. The summed E-state index contributed by atoms with van der Waals surface area (Å²) in [6.07, 6.45) is 5.29. The zero-order chi connectivity index (χ0) is 12.2. The second kappa shape index (κ2) is 10.4. The maximum Gasteiger partial charge on any atom is 0.307 e. The average molecular weight is 227 g/mol. The minimum Gasteiger partial charge on any atom is -0.461 e. The number of carbonyl (C=O) groups excluding carboxylic acids is 2. The number of carbonyl (C=O) groups is 2. The molecule has 1 unspecified atom stereocenters. The van der Waals surface area contributed by atoms with E-state index in [0.717, 1.165) is 25.7 Å². The topological polar surface area (TPSA) is 55.4 Å². The van der Waals surface area contributed by atoms with Crippen LogP contribution in [0.4, 0.5) is 0 Å². The predicted octanol–water partition coefficient (Wildman–Crippen LogP) is 1.45. The average Bonchev–Trinajstić information content (AvgIpc) is 2.26. The van der Waals surface area contributed by atoms with Gasteiger partial charge >= 0.3 is 5.97 Å². The second-order valence-electron chi connectivity index (χ2n) is 3.69. The van der Waals surface area contributed by atoms with Crippen molar-refractivity contribution in [2.45, 2.75) is 38.6 Å². The summed E-state index contributed by atoms with van der Waals surface area (Å²) < 4.78 is 4.86. The summed E-state index contributed by atoms with van der Waals surface area (Å²) in [7, 11) is 0. The van der Waals surface area contributed by atoms with E-state index in [1.54, 1.807) is 6.08 Å². The highest BCUT2D eigenvalue weighted by molar-refractivity contribution is 5.70. The molecule has 0 aromatic rings. The van der Waals surface area contributed by atoms with E-state index < -0.39 is 0 Å². The van der Waals surface area contributed by atoms with Crippen LogP contribution in [-0.4, -0.2) is 31.4 Å². The van der Waals surface area contributed by atoms with E-state index in [4.69, 9.17) is 4.74 Å². The van der Waals surface area contributed by atoms with Gasteiger partial charge in [0.25, 0.3) is 0 Å². The third-order valence-corrected chi connectivity index (χ3v) is 2.08. The number of rotatable bonds is 10. The zero-order valence-electron chi connectivity index (χ0n) is 9.91. The molecule has 4 heteroatoms. The van der Waals surface area contributed by atoms with E-state index in [1.807, 2.05) is 6.92 Å². The molecule has 0 fully saturated rings. The van der Waals surface area contributed by atoms with Gasteiger partial charge in [-0.2, -0.15) is 0 Å². The number of hydrogen-bond acceptors (Lipinski definition) is 4. The van der Waals surface area contributed by atoms with Gasteiger partial charge in [-0.1, -0.05) is 12.7 Å². The van der Waals surface area contributed by atoms with Crippen molar-refractivity contribution in [3.8, 4) is 0 Å². The molecule has 92 valence electrons. The van der Waals surface area contributed by atoms with Gasteiger partial charge in [0, 0.05) is 12.5 Å². The molecule has 0 heterocycles. The quantitative estimate of drug-likeness (QED) is 0.266. The Balaban J connectivity index is 3.42. The second-order valence-corrected chi connectivity index (χ2v) is 3.69. The van der Waals surface area contributed by atoms with Crippen molar-refractivity contribution < 1.29 is 14.3 Å². The molecule has 0 aromatic heterocycles. The third kappa shape index (κ3) is 9.40. The van der Waals surface area contributed by atoms with E-state index in [1.165, 1.54) is 0 Å². The summed E-state index contributed by atoms with van der Waals surface area (Å²) in [6.45, 7) is 6.50. The minimum absolute atomic E-state index is 0.105. The van der Waals surface area contributed by atoms with Crippen molar-refractivity contribution in [3.63, 3.8) is 0 Å². The molecular formula is C12H21NO3. The zero-order valence-corrected chi connectivity index (χ0v) is 9.91. The van der Waals surface area contributed by atoms with Crippen molar-refractivity contribution in [2.75, 3.05) is 13.2 Å². The van der Waals surface area contributed by atoms with Crippen molar-refractivity contribution in [1.29, 1.82) is 0 Å². The van der Waals surface area contributed by atoms with Gasteiger partial charge in [-0.3, -0.25) is 4.79 Å².